The van der Waals surface area contributed by atoms with E-state index in [2.05, 4.69) is 5.32 Å². The topological polar surface area (TPSA) is 74.7 Å². The number of benzene rings is 2. The fourth-order valence-corrected chi connectivity index (χ4v) is 4.95. The highest BCUT2D eigenvalue weighted by molar-refractivity contribution is 7.89. The maximum absolute atomic E-state index is 13.7. The number of hydrogen-bond acceptors (Lipinski definition) is 3. The normalized spacial score (nSPS) is 15.5. The van der Waals surface area contributed by atoms with E-state index in [4.69, 9.17) is 0 Å². The SMILES string of the molecule is Cn1ccc2cc(S(=O)(=O)N3CCN(C(=O)Nc4cc(F)ccc4F)CC3)ccc21. The second-order valence-electron chi connectivity index (χ2n) is 7.09. The number of rotatable bonds is 3. The van der Waals surface area contributed by atoms with E-state index >= 15 is 0 Å². The van der Waals surface area contributed by atoms with Crippen molar-refractivity contribution >= 4 is 32.6 Å². The van der Waals surface area contributed by atoms with Gasteiger partial charge in [-0.1, -0.05) is 0 Å². The molecule has 7 nitrogen and oxygen atoms in total. The van der Waals surface area contributed by atoms with Crippen molar-refractivity contribution in [1.29, 1.82) is 0 Å². The maximum Gasteiger partial charge on any atom is 0.322 e. The average molecular weight is 434 g/mol. The van der Waals surface area contributed by atoms with Crippen molar-refractivity contribution in [3.05, 3.63) is 60.3 Å². The van der Waals surface area contributed by atoms with Crippen LogP contribution in [0, 0.1) is 11.6 Å². The minimum absolute atomic E-state index is 0.105. The number of fused-ring (bicyclic) bond motifs is 1. The molecule has 1 N–H and O–H groups in total. The van der Waals surface area contributed by atoms with Crippen LogP contribution in [0.15, 0.2) is 53.6 Å². The smallest absolute Gasteiger partial charge is 0.322 e. The molecule has 1 fully saturated rings. The molecule has 1 saturated heterocycles. The van der Waals surface area contributed by atoms with Crippen LogP contribution in [0.5, 0.6) is 0 Å². The highest BCUT2D eigenvalue weighted by Gasteiger charge is 2.30. The molecule has 2 heterocycles. The lowest BCUT2D eigenvalue weighted by Gasteiger charge is -2.34. The molecule has 0 saturated carbocycles. The van der Waals surface area contributed by atoms with E-state index in [9.17, 15) is 22.0 Å². The predicted molar refractivity (Wildman–Crippen MR) is 109 cm³/mol. The Morgan fingerprint density at radius 1 is 1.00 bits per heavy atom. The highest BCUT2D eigenvalue weighted by atomic mass is 32.2. The van der Waals surface area contributed by atoms with Gasteiger partial charge in [0.25, 0.3) is 0 Å². The van der Waals surface area contributed by atoms with Crippen LogP contribution in [-0.2, 0) is 17.1 Å². The zero-order valence-corrected chi connectivity index (χ0v) is 17.0. The van der Waals surface area contributed by atoms with Crippen molar-refractivity contribution in [2.75, 3.05) is 31.5 Å². The molecule has 3 aromatic rings. The molecule has 2 aromatic carbocycles. The number of hydrogen-bond donors (Lipinski definition) is 1. The first-order chi connectivity index (χ1) is 14.3. The molecule has 1 aliphatic rings. The fraction of sp³-hybridized carbons (Fsp3) is 0.250. The van der Waals surface area contributed by atoms with Crippen LogP contribution in [0.4, 0.5) is 19.3 Å². The van der Waals surface area contributed by atoms with E-state index in [-0.39, 0.29) is 36.8 Å². The summed E-state index contributed by atoms with van der Waals surface area (Å²) < 4.78 is 56.2. The molecular weight excluding hydrogens is 414 g/mol. The number of nitrogens with one attached hydrogen (secondary N) is 1. The van der Waals surface area contributed by atoms with Crippen molar-refractivity contribution in [3.63, 3.8) is 0 Å². The number of piperazine rings is 1. The van der Waals surface area contributed by atoms with Crippen molar-refractivity contribution in [1.82, 2.24) is 13.8 Å². The fourth-order valence-electron chi connectivity index (χ4n) is 3.49. The van der Waals surface area contributed by atoms with Gasteiger partial charge >= 0.3 is 6.03 Å². The molecule has 0 spiro atoms. The first-order valence-corrected chi connectivity index (χ1v) is 10.8. The largest absolute Gasteiger partial charge is 0.351 e. The lowest BCUT2D eigenvalue weighted by Crippen LogP contribution is -2.51. The predicted octanol–water partition coefficient (Wildman–Crippen LogP) is 2.99. The Kier molecular flexibility index (Phi) is 5.20. The highest BCUT2D eigenvalue weighted by Crippen LogP contribution is 2.24. The molecule has 1 aromatic heterocycles. The summed E-state index contributed by atoms with van der Waals surface area (Å²) in [5, 5.41) is 3.16. The van der Waals surface area contributed by atoms with Gasteiger partial charge in [0.1, 0.15) is 11.6 Å². The van der Waals surface area contributed by atoms with Crippen LogP contribution in [0.3, 0.4) is 0 Å². The quantitative estimate of drug-likeness (QED) is 0.689. The molecule has 0 aliphatic carbocycles. The second-order valence-corrected chi connectivity index (χ2v) is 9.03. The molecule has 1 aliphatic heterocycles. The lowest BCUT2D eigenvalue weighted by atomic mass is 10.2. The molecule has 30 heavy (non-hydrogen) atoms. The van der Waals surface area contributed by atoms with Crippen LogP contribution < -0.4 is 5.32 Å². The zero-order chi connectivity index (χ0) is 21.5. The van der Waals surface area contributed by atoms with Crippen molar-refractivity contribution in [2.45, 2.75) is 4.90 Å². The number of carbonyl (C=O) groups excluding carboxylic acids is 1. The minimum Gasteiger partial charge on any atom is -0.351 e. The Hall–Kier alpha value is -2.98. The number of sulfonamides is 1. The van der Waals surface area contributed by atoms with Crippen LogP contribution in [0.1, 0.15) is 0 Å². The monoisotopic (exact) mass is 434 g/mol. The zero-order valence-electron chi connectivity index (χ0n) is 16.2. The van der Waals surface area contributed by atoms with Gasteiger partial charge in [-0.3, -0.25) is 0 Å². The number of anilines is 1. The van der Waals surface area contributed by atoms with E-state index in [1.807, 2.05) is 23.9 Å². The van der Waals surface area contributed by atoms with Crippen LogP contribution in [0.2, 0.25) is 0 Å². The molecule has 10 heteroatoms. The van der Waals surface area contributed by atoms with Gasteiger partial charge < -0.3 is 14.8 Å². The number of nitrogens with zero attached hydrogens (tertiary/aromatic N) is 3. The molecule has 158 valence electrons. The van der Waals surface area contributed by atoms with Gasteiger partial charge in [0.05, 0.1) is 10.6 Å². The number of halogens is 2. The number of carbonyl (C=O) groups is 1. The number of urea groups is 1. The first-order valence-electron chi connectivity index (χ1n) is 9.32. The molecule has 0 atom stereocenters. The Morgan fingerprint density at radius 3 is 2.47 bits per heavy atom. The van der Waals surface area contributed by atoms with E-state index in [0.29, 0.717) is 0 Å². The van der Waals surface area contributed by atoms with E-state index in [1.54, 1.807) is 18.2 Å². The Balaban J connectivity index is 1.44. The van der Waals surface area contributed by atoms with Crippen LogP contribution >= 0.6 is 0 Å². The maximum atomic E-state index is 13.7. The third-order valence-electron chi connectivity index (χ3n) is 5.19. The van der Waals surface area contributed by atoms with Crippen molar-refractivity contribution < 1.29 is 22.0 Å². The summed E-state index contributed by atoms with van der Waals surface area (Å²) >= 11 is 0. The molecule has 0 unspecified atom stereocenters. The van der Waals surface area contributed by atoms with E-state index < -0.39 is 27.7 Å². The second kappa shape index (κ2) is 7.69. The summed E-state index contributed by atoms with van der Waals surface area (Å²) in [6.07, 6.45) is 1.86. The van der Waals surface area contributed by atoms with Gasteiger partial charge in [-0.15, -0.1) is 0 Å². The summed E-state index contributed by atoms with van der Waals surface area (Å²) in [6.45, 7) is 0.480. The molecule has 2 amide bonds. The number of amides is 2. The van der Waals surface area contributed by atoms with Crippen molar-refractivity contribution in [3.8, 4) is 0 Å². The molecule has 0 bridgehead atoms. The summed E-state index contributed by atoms with van der Waals surface area (Å²) in [5.74, 6) is -1.42. The molecular formula is C20H20F2N4O3S. The Labute approximate surface area is 172 Å². The number of aromatic nitrogens is 1. The van der Waals surface area contributed by atoms with Gasteiger partial charge in [-0.2, -0.15) is 4.31 Å². The van der Waals surface area contributed by atoms with Gasteiger partial charge in [0.15, 0.2) is 0 Å². The Morgan fingerprint density at radius 2 is 1.73 bits per heavy atom. The van der Waals surface area contributed by atoms with E-state index in [1.165, 1.54) is 9.21 Å². The number of aryl methyl sites for hydroxylation is 1. The van der Waals surface area contributed by atoms with Gasteiger partial charge in [-0.25, -0.2) is 22.0 Å². The summed E-state index contributed by atoms with van der Waals surface area (Å²) in [6, 6.07) is 9.00. The first kappa shape index (κ1) is 20.3. The summed E-state index contributed by atoms with van der Waals surface area (Å²) in [4.78, 5) is 13.9. The summed E-state index contributed by atoms with van der Waals surface area (Å²) in [5.41, 5.74) is 0.672. The van der Waals surface area contributed by atoms with E-state index in [0.717, 1.165) is 29.1 Å². The third kappa shape index (κ3) is 3.75. The molecule has 4 rings (SSSR count). The van der Waals surface area contributed by atoms with Crippen LogP contribution in [0.25, 0.3) is 10.9 Å². The lowest BCUT2D eigenvalue weighted by molar-refractivity contribution is 0.184. The molecule has 0 radical (unpaired) electrons. The Bertz CT molecular complexity index is 1220. The standard InChI is InChI=1S/C20H20F2N4O3S/c1-24-7-6-14-12-16(3-5-19(14)24)30(28,29)26-10-8-25(9-11-26)20(27)23-18-13-15(21)2-4-17(18)22/h2-7,12-13H,8-11H2,1H3,(H,23,27). The third-order valence-corrected chi connectivity index (χ3v) is 7.08. The summed E-state index contributed by atoms with van der Waals surface area (Å²) in [7, 11) is -1.82. The van der Waals surface area contributed by atoms with Gasteiger partial charge in [0, 0.05) is 56.4 Å². The van der Waals surface area contributed by atoms with Gasteiger partial charge in [0.2, 0.25) is 10.0 Å². The van der Waals surface area contributed by atoms with Crippen molar-refractivity contribution in [2.24, 2.45) is 7.05 Å². The van der Waals surface area contributed by atoms with Crippen LogP contribution in [-0.4, -0.2) is 54.4 Å². The minimum atomic E-state index is -3.71. The van der Waals surface area contributed by atoms with Gasteiger partial charge in [-0.05, 0) is 36.4 Å². The average Bonchev–Trinajstić information content (AvgIpc) is 3.11.